The minimum absolute atomic E-state index is 0.0371. The molecule has 2 fully saturated rings. The zero-order chi connectivity index (χ0) is 38.5. The molecule has 3 aliphatic heterocycles. The van der Waals surface area contributed by atoms with Crippen LogP contribution in [0.2, 0.25) is 5.02 Å². The maximum Gasteiger partial charge on any atom is 0.283 e. The van der Waals surface area contributed by atoms with Crippen molar-refractivity contribution in [3.8, 4) is 5.75 Å². The minimum Gasteiger partial charge on any atom is -0.485 e. The van der Waals surface area contributed by atoms with E-state index in [1.165, 1.54) is 5.56 Å². The molecule has 1 N–H and O–H groups in total. The molecule has 1 aliphatic carbocycles. The van der Waals surface area contributed by atoms with E-state index in [0.717, 1.165) is 70.4 Å². The number of ether oxygens (including phenoxy) is 3. The highest BCUT2D eigenvalue weighted by Crippen LogP contribution is 2.46. The number of rotatable bonds is 7. The van der Waals surface area contributed by atoms with Gasteiger partial charge in [0, 0.05) is 77.7 Å². The summed E-state index contributed by atoms with van der Waals surface area (Å²) < 4.78 is 48.9. The van der Waals surface area contributed by atoms with E-state index < -0.39 is 26.8 Å². The molecule has 5 atom stereocenters. The summed E-state index contributed by atoms with van der Waals surface area (Å²) in [5.41, 5.74) is 1.70. The summed E-state index contributed by atoms with van der Waals surface area (Å²) in [6, 6.07) is 9.75. The Bertz CT molecular complexity index is 1730. The highest BCUT2D eigenvalue weighted by atomic mass is 35.5. The third-order valence-electron chi connectivity index (χ3n) is 12.3. The molecular weight excluding hydrogens is 726 g/mol. The first-order valence-electron chi connectivity index (χ1n) is 19.8. The van der Waals surface area contributed by atoms with Gasteiger partial charge in [0.05, 0.1) is 5.25 Å². The number of amides is 1. The van der Waals surface area contributed by atoms with Crippen molar-refractivity contribution in [2.75, 3.05) is 71.5 Å². The Hall–Kier alpha value is -2.74. The monoisotopic (exact) mass is 785 g/mol. The molecule has 0 spiro atoms. The molecule has 13 heteroatoms. The summed E-state index contributed by atoms with van der Waals surface area (Å²) in [6.45, 7) is 13.2. The molecule has 1 amide bonds. The number of anilines is 1. The van der Waals surface area contributed by atoms with Crippen molar-refractivity contribution >= 4 is 33.3 Å². The number of hydrogen-bond donors (Lipinski definition) is 1. The number of halogens is 1. The van der Waals surface area contributed by atoms with E-state index in [0.29, 0.717) is 54.7 Å². The molecule has 0 unspecified atom stereocenters. The largest absolute Gasteiger partial charge is 0.485 e. The Morgan fingerprint density at radius 3 is 2.56 bits per heavy atom. The molecule has 4 heterocycles. The van der Waals surface area contributed by atoms with Crippen LogP contribution in [0.15, 0.2) is 42.5 Å². The van der Waals surface area contributed by atoms with Gasteiger partial charge in [-0.1, -0.05) is 36.7 Å². The van der Waals surface area contributed by atoms with Gasteiger partial charge >= 0.3 is 0 Å². The van der Waals surface area contributed by atoms with Crippen LogP contribution in [-0.4, -0.2) is 113 Å². The molecule has 11 nitrogen and oxygen atoms in total. The predicted molar refractivity (Wildman–Crippen MR) is 214 cm³/mol. The predicted octanol–water partition coefficient (Wildman–Crippen LogP) is 5.95. The average Bonchev–Trinajstić information content (AvgIpc) is 3.16. The number of methoxy groups -OCH3 is 2. The van der Waals surface area contributed by atoms with Gasteiger partial charge in [0.1, 0.15) is 17.9 Å². The molecule has 1 saturated heterocycles. The Kier molecular flexibility index (Phi) is 13.7. The van der Waals surface area contributed by atoms with Crippen LogP contribution in [0.1, 0.15) is 80.9 Å². The summed E-state index contributed by atoms with van der Waals surface area (Å²) in [5, 5.41) is -0.153. The topological polar surface area (TPSA) is 114 Å². The number of hydrogen-bond acceptors (Lipinski definition) is 10. The number of carbonyl (C=O) groups is 1. The molecule has 54 heavy (non-hydrogen) atoms. The molecule has 6 rings (SSSR count). The van der Waals surface area contributed by atoms with Crippen molar-refractivity contribution in [1.29, 1.82) is 0 Å². The van der Waals surface area contributed by atoms with E-state index in [2.05, 4.69) is 45.4 Å². The van der Waals surface area contributed by atoms with Crippen LogP contribution in [0, 0.1) is 17.8 Å². The normalized spacial score (nSPS) is 29.2. The van der Waals surface area contributed by atoms with Crippen LogP contribution < -0.4 is 14.4 Å². The van der Waals surface area contributed by atoms with Gasteiger partial charge in [0.15, 0.2) is 11.6 Å². The van der Waals surface area contributed by atoms with Crippen LogP contribution in [0.3, 0.4) is 0 Å². The van der Waals surface area contributed by atoms with Gasteiger partial charge < -0.3 is 19.1 Å². The standard InChI is InChI=1S/C41H60ClN5O6S/c1-29(2)46-22-20-45(21-23-46)28-41(52-5)18-8-9-30(3)38(17-24-51-4)54(49,50)44-40(48)36-15-16-37-39(43-36)47(26-32-12-14-35(32)41)19-7-6-10-31-25-34(42)13-11-33(31)27-53-37/h8,11,13,15-16,18,25,29-30,32,35,38H,6-7,9-10,12,14,17,19-24,26-28H2,1-5H3,(H,44,48)/b18-8+/t30-,32-,35+,38+,41+/m0/s1. The third kappa shape index (κ3) is 9.44. The number of piperazine rings is 1. The second kappa shape index (κ2) is 18.0. The van der Waals surface area contributed by atoms with Crippen LogP contribution in [0.4, 0.5) is 5.82 Å². The Morgan fingerprint density at radius 1 is 1.06 bits per heavy atom. The molecule has 2 aromatic rings. The molecule has 1 saturated carbocycles. The van der Waals surface area contributed by atoms with Crippen LogP contribution >= 0.6 is 11.6 Å². The highest BCUT2D eigenvalue weighted by Gasteiger charge is 2.48. The summed E-state index contributed by atoms with van der Waals surface area (Å²) in [6.07, 6.45) is 9.92. The maximum absolute atomic E-state index is 14.0. The van der Waals surface area contributed by atoms with Gasteiger partial charge in [0.2, 0.25) is 10.0 Å². The van der Waals surface area contributed by atoms with Crippen molar-refractivity contribution in [1.82, 2.24) is 19.5 Å². The van der Waals surface area contributed by atoms with Crippen molar-refractivity contribution in [3.05, 3.63) is 64.3 Å². The molecule has 1 aromatic heterocycles. The number of carbonyl (C=O) groups excluding carboxylic acids is 1. The third-order valence-corrected chi connectivity index (χ3v) is 14.5. The minimum atomic E-state index is -4.10. The van der Waals surface area contributed by atoms with E-state index in [1.807, 2.05) is 32.2 Å². The molecule has 298 valence electrons. The Balaban J connectivity index is 1.40. The van der Waals surface area contributed by atoms with Gasteiger partial charge in [-0.25, -0.2) is 18.1 Å². The number of sulfonamides is 1. The molecule has 0 radical (unpaired) electrons. The Labute approximate surface area is 327 Å². The number of aromatic nitrogens is 1. The summed E-state index contributed by atoms with van der Waals surface area (Å²) in [7, 11) is -0.707. The van der Waals surface area contributed by atoms with E-state index in [-0.39, 0.29) is 30.6 Å². The van der Waals surface area contributed by atoms with E-state index in [9.17, 15) is 13.2 Å². The molecule has 2 bridgehead atoms. The molecule has 4 aliphatic rings. The first-order chi connectivity index (χ1) is 25.9. The number of fused-ring (bicyclic) bond motifs is 3. The van der Waals surface area contributed by atoms with Gasteiger partial charge in [-0.05, 0) is 112 Å². The highest BCUT2D eigenvalue weighted by molar-refractivity contribution is 7.90. The van der Waals surface area contributed by atoms with Gasteiger partial charge in [-0.15, -0.1) is 0 Å². The summed E-state index contributed by atoms with van der Waals surface area (Å²) in [4.78, 5) is 26.0. The zero-order valence-corrected chi connectivity index (χ0v) is 34.3. The number of nitrogens with zero attached hydrogens (tertiary/aromatic N) is 4. The second-order valence-corrected chi connectivity index (χ2v) is 18.4. The van der Waals surface area contributed by atoms with Crippen LogP contribution in [0.25, 0.3) is 0 Å². The van der Waals surface area contributed by atoms with E-state index in [4.69, 9.17) is 30.8 Å². The quantitative estimate of drug-likeness (QED) is 0.338. The lowest BCUT2D eigenvalue weighted by Crippen LogP contribution is -2.59. The van der Waals surface area contributed by atoms with E-state index >= 15 is 0 Å². The smallest absolute Gasteiger partial charge is 0.283 e. The van der Waals surface area contributed by atoms with Gasteiger partial charge in [-0.2, -0.15) is 0 Å². The van der Waals surface area contributed by atoms with Crippen LogP contribution in [0.5, 0.6) is 5.75 Å². The number of benzene rings is 1. The SMILES string of the molecule is COCC[C@@H]1[C@@H](C)C/C=C/[C@](CN2CCN(C(C)C)CC2)(OC)[C@@H]2CC[C@H]2CN2CCCCc3cc(Cl)ccc3COc3ccc(nc32)C(=O)NS1(=O)=O. The lowest BCUT2D eigenvalue weighted by molar-refractivity contribution is -0.0960. The number of aryl methyl sites for hydroxylation is 1. The first-order valence-corrected chi connectivity index (χ1v) is 21.8. The summed E-state index contributed by atoms with van der Waals surface area (Å²) >= 11 is 6.41. The summed E-state index contributed by atoms with van der Waals surface area (Å²) in [5.74, 6) is 0.614. The lowest BCUT2D eigenvalue weighted by Gasteiger charge is -2.52. The maximum atomic E-state index is 14.0. The first kappa shape index (κ1) is 40.9. The second-order valence-electron chi connectivity index (χ2n) is 16.0. The fourth-order valence-electron chi connectivity index (χ4n) is 8.88. The Morgan fingerprint density at radius 2 is 1.85 bits per heavy atom. The zero-order valence-electron chi connectivity index (χ0n) is 32.8. The van der Waals surface area contributed by atoms with Crippen molar-refractivity contribution < 1.29 is 27.4 Å². The van der Waals surface area contributed by atoms with Gasteiger partial charge in [0.25, 0.3) is 5.91 Å². The molecule has 1 aromatic carbocycles. The van der Waals surface area contributed by atoms with Gasteiger partial charge in [-0.3, -0.25) is 14.6 Å². The van der Waals surface area contributed by atoms with Crippen LogP contribution in [-0.2, 0) is 32.5 Å². The number of allylic oxidation sites excluding steroid dienone is 1. The van der Waals surface area contributed by atoms with Crippen molar-refractivity contribution in [2.45, 2.75) is 89.2 Å². The average molecular weight is 786 g/mol. The number of pyridine rings is 1. The fourth-order valence-corrected chi connectivity index (χ4v) is 10.7. The van der Waals surface area contributed by atoms with Crippen molar-refractivity contribution in [2.24, 2.45) is 17.8 Å². The van der Waals surface area contributed by atoms with Crippen molar-refractivity contribution in [3.63, 3.8) is 0 Å². The molecular formula is C41H60ClN5O6S. The fraction of sp³-hybridized carbons (Fsp3) is 0.659. The number of nitrogens with one attached hydrogen (secondary N) is 1. The van der Waals surface area contributed by atoms with E-state index in [1.54, 1.807) is 19.2 Å². The lowest BCUT2D eigenvalue weighted by atomic mass is 9.63.